The lowest BCUT2D eigenvalue weighted by Crippen LogP contribution is -2.35. The minimum absolute atomic E-state index is 0.390. The van der Waals surface area contributed by atoms with Crippen molar-refractivity contribution in [3.63, 3.8) is 0 Å². The van der Waals surface area contributed by atoms with Crippen LogP contribution in [0.2, 0.25) is 0 Å². The van der Waals surface area contributed by atoms with Crippen molar-refractivity contribution in [2.24, 2.45) is 0 Å². The van der Waals surface area contributed by atoms with Gasteiger partial charge in [0.05, 0.1) is 5.69 Å². The summed E-state index contributed by atoms with van der Waals surface area (Å²) in [7, 11) is -3.53. The van der Waals surface area contributed by atoms with E-state index < -0.39 is 10.2 Å². The first-order chi connectivity index (χ1) is 8.03. The maximum atomic E-state index is 11.9. The molecule has 1 aromatic rings. The van der Waals surface area contributed by atoms with E-state index in [2.05, 4.69) is 4.72 Å². The fourth-order valence-electron chi connectivity index (χ4n) is 1.45. The average Bonchev–Trinajstić information content (AvgIpc) is 2.29. The highest BCUT2D eigenvalue weighted by Gasteiger charge is 2.18. The van der Waals surface area contributed by atoms with Gasteiger partial charge < -0.3 is 0 Å². The fraction of sp³-hybridized carbons (Fsp3) is 0.364. The fourth-order valence-corrected chi connectivity index (χ4v) is 2.69. The second-order valence-electron chi connectivity index (χ2n) is 3.43. The number of hydrogen-bond donors (Lipinski definition) is 1. The molecule has 0 amide bonds. The van der Waals surface area contributed by atoms with E-state index in [1.165, 1.54) is 10.4 Å². The van der Waals surface area contributed by atoms with E-state index in [-0.39, 0.29) is 0 Å². The van der Waals surface area contributed by atoms with E-state index in [9.17, 15) is 13.2 Å². The minimum atomic E-state index is -3.53. The van der Waals surface area contributed by atoms with Gasteiger partial charge in [0.2, 0.25) is 0 Å². The van der Waals surface area contributed by atoms with Gasteiger partial charge in [0.1, 0.15) is 6.29 Å². The van der Waals surface area contributed by atoms with E-state index in [1.807, 2.05) is 0 Å². The van der Waals surface area contributed by atoms with E-state index in [0.717, 1.165) is 0 Å². The van der Waals surface area contributed by atoms with Crippen LogP contribution in [0, 0.1) is 0 Å². The van der Waals surface area contributed by atoms with Crippen LogP contribution in [0.3, 0.4) is 0 Å². The number of aldehydes is 1. The zero-order valence-corrected chi connectivity index (χ0v) is 10.7. The predicted octanol–water partition coefficient (Wildman–Crippen LogP) is 1.50. The molecule has 1 aromatic carbocycles. The predicted molar refractivity (Wildman–Crippen MR) is 67.3 cm³/mol. The topological polar surface area (TPSA) is 66.5 Å². The molecule has 0 unspecified atom stereocenters. The smallest absolute Gasteiger partial charge is 0.298 e. The Labute approximate surface area is 102 Å². The summed E-state index contributed by atoms with van der Waals surface area (Å²) in [6.07, 6.45) is 0.676. The van der Waals surface area contributed by atoms with Gasteiger partial charge in [0.25, 0.3) is 0 Å². The van der Waals surface area contributed by atoms with E-state index >= 15 is 0 Å². The van der Waals surface area contributed by atoms with Crippen molar-refractivity contribution in [1.29, 1.82) is 0 Å². The second kappa shape index (κ2) is 5.79. The van der Waals surface area contributed by atoms with Gasteiger partial charge in [-0.3, -0.25) is 9.52 Å². The summed E-state index contributed by atoms with van der Waals surface area (Å²) in [5.41, 5.74) is 0.825. The molecule has 0 spiro atoms. The molecule has 17 heavy (non-hydrogen) atoms. The number of carbonyl (C=O) groups is 1. The monoisotopic (exact) mass is 256 g/mol. The summed E-state index contributed by atoms with van der Waals surface area (Å²) in [4.78, 5) is 10.6. The maximum Gasteiger partial charge on any atom is 0.301 e. The Balaban J connectivity index is 2.93. The number of nitrogens with one attached hydrogen (secondary N) is 1. The first kappa shape index (κ1) is 13.7. The molecule has 0 saturated carbocycles. The third kappa shape index (κ3) is 3.54. The lowest BCUT2D eigenvalue weighted by atomic mass is 10.2. The standard InChI is InChI=1S/C11H16N2O3S/c1-3-13(4-2)17(15,16)12-11-7-5-6-10(8-11)9-14/h5-9,12H,3-4H2,1-2H3. The van der Waals surface area contributed by atoms with Crippen LogP contribution in [0.5, 0.6) is 0 Å². The number of benzene rings is 1. The molecular formula is C11H16N2O3S. The summed E-state index contributed by atoms with van der Waals surface area (Å²) in [6, 6.07) is 6.34. The number of nitrogens with zero attached hydrogens (tertiary/aromatic N) is 1. The number of hydrogen-bond acceptors (Lipinski definition) is 3. The molecule has 0 aliphatic carbocycles. The highest BCUT2D eigenvalue weighted by atomic mass is 32.2. The summed E-state index contributed by atoms with van der Waals surface area (Å²) in [6.45, 7) is 4.34. The molecule has 0 aliphatic rings. The number of rotatable bonds is 6. The van der Waals surface area contributed by atoms with Crippen LogP contribution in [0.25, 0.3) is 0 Å². The molecular weight excluding hydrogens is 240 g/mol. The molecule has 0 aromatic heterocycles. The van der Waals surface area contributed by atoms with Crippen LogP contribution >= 0.6 is 0 Å². The Kier molecular flexibility index (Phi) is 4.65. The second-order valence-corrected chi connectivity index (χ2v) is 5.11. The van der Waals surface area contributed by atoms with E-state index in [1.54, 1.807) is 32.0 Å². The van der Waals surface area contributed by atoms with Crippen LogP contribution in [0.1, 0.15) is 24.2 Å². The largest absolute Gasteiger partial charge is 0.301 e. The molecule has 6 heteroatoms. The van der Waals surface area contributed by atoms with Gasteiger partial charge in [-0.25, -0.2) is 0 Å². The van der Waals surface area contributed by atoms with Crippen LogP contribution in [-0.2, 0) is 10.2 Å². The van der Waals surface area contributed by atoms with Crippen molar-refractivity contribution in [3.05, 3.63) is 29.8 Å². The molecule has 0 heterocycles. The van der Waals surface area contributed by atoms with Gasteiger partial charge in [-0.15, -0.1) is 0 Å². The maximum absolute atomic E-state index is 11.9. The van der Waals surface area contributed by atoms with Gasteiger partial charge in [-0.2, -0.15) is 12.7 Å². The van der Waals surface area contributed by atoms with Crippen LogP contribution < -0.4 is 4.72 Å². The average molecular weight is 256 g/mol. The highest BCUT2D eigenvalue weighted by molar-refractivity contribution is 7.90. The molecule has 94 valence electrons. The third-order valence-corrected chi connectivity index (χ3v) is 4.00. The third-order valence-electron chi connectivity index (χ3n) is 2.31. The number of carbonyl (C=O) groups excluding carboxylic acids is 1. The van der Waals surface area contributed by atoms with Crippen molar-refractivity contribution >= 4 is 22.2 Å². The van der Waals surface area contributed by atoms with Gasteiger partial charge in [-0.05, 0) is 12.1 Å². The van der Waals surface area contributed by atoms with Crippen molar-refractivity contribution in [2.75, 3.05) is 17.8 Å². The van der Waals surface area contributed by atoms with E-state index in [0.29, 0.717) is 30.6 Å². The van der Waals surface area contributed by atoms with Gasteiger partial charge >= 0.3 is 10.2 Å². The molecule has 1 N–H and O–H groups in total. The highest BCUT2D eigenvalue weighted by Crippen LogP contribution is 2.12. The Morgan fingerprint density at radius 3 is 2.47 bits per heavy atom. The van der Waals surface area contributed by atoms with Gasteiger partial charge in [0.15, 0.2) is 0 Å². The minimum Gasteiger partial charge on any atom is -0.298 e. The summed E-state index contributed by atoms with van der Waals surface area (Å²) in [5, 5.41) is 0. The van der Waals surface area contributed by atoms with Crippen LogP contribution in [0.4, 0.5) is 5.69 Å². The van der Waals surface area contributed by atoms with Crippen molar-refractivity contribution in [2.45, 2.75) is 13.8 Å². The van der Waals surface area contributed by atoms with Crippen molar-refractivity contribution in [3.8, 4) is 0 Å². The van der Waals surface area contributed by atoms with Crippen molar-refractivity contribution < 1.29 is 13.2 Å². The normalized spacial score (nSPS) is 11.5. The van der Waals surface area contributed by atoms with E-state index in [4.69, 9.17) is 0 Å². The van der Waals surface area contributed by atoms with Crippen LogP contribution in [-0.4, -0.2) is 32.1 Å². The Morgan fingerprint density at radius 2 is 1.94 bits per heavy atom. The van der Waals surface area contributed by atoms with Crippen LogP contribution in [0.15, 0.2) is 24.3 Å². The van der Waals surface area contributed by atoms with Crippen molar-refractivity contribution in [1.82, 2.24) is 4.31 Å². The molecule has 5 nitrogen and oxygen atoms in total. The Morgan fingerprint density at radius 1 is 1.29 bits per heavy atom. The Bertz CT molecular complexity index is 481. The zero-order valence-electron chi connectivity index (χ0n) is 9.88. The molecule has 0 aliphatic heterocycles. The summed E-state index contributed by atoms with van der Waals surface area (Å²) < 4.78 is 27.5. The Hall–Kier alpha value is -1.40. The summed E-state index contributed by atoms with van der Waals surface area (Å²) >= 11 is 0. The first-order valence-electron chi connectivity index (χ1n) is 5.36. The quantitative estimate of drug-likeness (QED) is 0.784. The molecule has 0 radical (unpaired) electrons. The molecule has 0 atom stereocenters. The molecule has 0 bridgehead atoms. The lowest BCUT2D eigenvalue weighted by Gasteiger charge is -2.19. The zero-order chi connectivity index (χ0) is 12.9. The number of anilines is 1. The van der Waals surface area contributed by atoms with Gasteiger partial charge in [-0.1, -0.05) is 26.0 Å². The lowest BCUT2D eigenvalue weighted by molar-refractivity contribution is 0.112. The van der Waals surface area contributed by atoms with Gasteiger partial charge in [0, 0.05) is 18.7 Å². The summed E-state index contributed by atoms with van der Waals surface area (Å²) in [5.74, 6) is 0. The molecule has 0 saturated heterocycles. The first-order valence-corrected chi connectivity index (χ1v) is 6.80. The molecule has 0 fully saturated rings. The molecule has 1 rings (SSSR count). The SMILES string of the molecule is CCN(CC)S(=O)(=O)Nc1cccc(C=O)c1.